The van der Waals surface area contributed by atoms with Gasteiger partial charge in [0.15, 0.2) is 6.10 Å². The van der Waals surface area contributed by atoms with E-state index in [1.165, 1.54) is 199 Å². The quantitative estimate of drug-likeness (QED) is 0.0345. The molecule has 0 amide bonds. The normalized spacial score (nSPS) is 12.5. The average molecular weight is 926 g/mol. The molecule has 5 heteroatoms. The molecule has 0 N–H and O–H groups in total. The molecule has 386 valence electrons. The smallest absolute Gasteiger partial charge is 0.306 e. The number of esters is 2. The van der Waals surface area contributed by atoms with Crippen molar-refractivity contribution in [2.75, 3.05) is 19.8 Å². The van der Waals surface area contributed by atoms with Gasteiger partial charge in [0.2, 0.25) is 0 Å². The first-order chi connectivity index (χ1) is 32.6. The van der Waals surface area contributed by atoms with Crippen molar-refractivity contribution in [3.05, 3.63) is 48.6 Å². The van der Waals surface area contributed by atoms with E-state index in [1.54, 1.807) is 0 Å². The van der Waals surface area contributed by atoms with Crippen LogP contribution in [0.2, 0.25) is 0 Å². The van der Waals surface area contributed by atoms with Gasteiger partial charge in [0.05, 0.1) is 6.61 Å². The molecule has 1 atom stereocenters. The number of rotatable bonds is 54. The van der Waals surface area contributed by atoms with Gasteiger partial charge in [0.1, 0.15) is 6.61 Å². The highest BCUT2D eigenvalue weighted by atomic mass is 16.6. The van der Waals surface area contributed by atoms with Gasteiger partial charge in [-0.25, -0.2) is 0 Å². The number of carbonyl (C=O) groups excluding carboxylic acids is 2. The molecule has 0 saturated heterocycles. The van der Waals surface area contributed by atoms with E-state index in [9.17, 15) is 9.59 Å². The van der Waals surface area contributed by atoms with Gasteiger partial charge in [-0.3, -0.25) is 9.59 Å². The number of ether oxygens (including phenoxy) is 3. The summed E-state index contributed by atoms with van der Waals surface area (Å²) in [4.78, 5) is 25.5. The van der Waals surface area contributed by atoms with Crippen LogP contribution in [0, 0.1) is 0 Å². The molecule has 0 heterocycles. The Labute approximate surface area is 412 Å². The summed E-state index contributed by atoms with van der Waals surface area (Å²) in [5.41, 5.74) is 0. The summed E-state index contributed by atoms with van der Waals surface area (Å²) in [6.45, 7) is 7.73. The topological polar surface area (TPSA) is 61.8 Å². The maximum absolute atomic E-state index is 12.8. The highest BCUT2D eigenvalue weighted by molar-refractivity contribution is 5.70. The molecule has 66 heavy (non-hydrogen) atoms. The third-order valence-electron chi connectivity index (χ3n) is 12.9. The molecule has 0 fully saturated rings. The Kier molecular flexibility index (Phi) is 55.3. The van der Waals surface area contributed by atoms with Crippen molar-refractivity contribution in [2.24, 2.45) is 0 Å². The maximum Gasteiger partial charge on any atom is 0.306 e. The fourth-order valence-electron chi connectivity index (χ4n) is 8.56. The van der Waals surface area contributed by atoms with E-state index in [2.05, 4.69) is 69.4 Å². The zero-order valence-corrected chi connectivity index (χ0v) is 44.5. The van der Waals surface area contributed by atoms with E-state index in [1.807, 2.05) is 0 Å². The van der Waals surface area contributed by atoms with E-state index >= 15 is 0 Å². The highest BCUT2D eigenvalue weighted by Crippen LogP contribution is 2.17. The Hall–Kier alpha value is -2.14. The standard InChI is InChI=1S/C61H112O5/c1-4-7-10-13-16-19-22-25-28-30-31-32-34-36-39-42-45-48-51-54-60(62)65-58-59(57-64-56-53-50-47-44-41-38-35-29-26-23-20-17-14-11-8-5-2)66-61(63)55-52-49-46-43-40-37-33-27-24-21-18-15-12-9-6-3/h9,12,18,21,27,33,40,43,59H,4-8,10-11,13-17,19-20,22-26,28-32,34-39,41-42,44-58H2,1-3H3/b12-9-,21-18-,33-27-,43-40-/t59-/m1/s1. The fraction of sp³-hybridized carbons (Fsp3) is 0.836. The van der Waals surface area contributed by atoms with Crippen LogP contribution in [0.25, 0.3) is 0 Å². The molecular formula is C61H112O5. The average Bonchev–Trinajstić information content (AvgIpc) is 3.32. The van der Waals surface area contributed by atoms with E-state index < -0.39 is 6.10 Å². The minimum atomic E-state index is -0.554. The Morgan fingerprint density at radius 1 is 0.348 bits per heavy atom. The van der Waals surface area contributed by atoms with Crippen LogP contribution >= 0.6 is 0 Å². The molecular weight excluding hydrogens is 813 g/mol. The molecule has 0 spiro atoms. The minimum Gasteiger partial charge on any atom is -0.462 e. The first-order valence-electron chi connectivity index (χ1n) is 29.2. The van der Waals surface area contributed by atoms with Crippen molar-refractivity contribution in [3.63, 3.8) is 0 Å². The van der Waals surface area contributed by atoms with Crippen molar-refractivity contribution in [2.45, 2.75) is 309 Å². The van der Waals surface area contributed by atoms with Crippen molar-refractivity contribution < 1.29 is 23.8 Å². The molecule has 0 aromatic carbocycles. The SMILES string of the molecule is CC/C=C\C/C=C\C/C=C\C/C=C\CCCCC(=O)O[C@H](COCCCCCCCCCCCCCCCCCC)COC(=O)CCCCCCCCCCCCCCCCCCCCC. The van der Waals surface area contributed by atoms with Gasteiger partial charge in [0, 0.05) is 19.4 Å². The van der Waals surface area contributed by atoms with Gasteiger partial charge in [-0.15, -0.1) is 0 Å². The van der Waals surface area contributed by atoms with Crippen molar-refractivity contribution in [1.29, 1.82) is 0 Å². The van der Waals surface area contributed by atoms with Crippen molar-refractivity contribution in [1.82, 2.24) is 0 Å². The molecule has 0 radical (unpaired) electrons. The van der Waals surface area contributed by atoms with E-state index in [4.69, 9.17) is 14.2 Å². The zero-order valence-electron chi connectivity index (χ0n) is 44.5. The van der Waals surface area contributed by atoms with Gasteiger partial charge in [-0.05, 0) is 57.8 Å². The zero-order chi connectivity index (χ0) is 47.7. The Bertz CT molecular complexity index is 1090. The maximum atomic E-state index is 12.8. The van der Waals surface area contributed by atoms with Crippen LogP contribution in [0.5, 0.6) is 0 Å². The summed E-state index contributed by atoms with van der Waals surface area (Å²) in [5.74, 6) is -0.426. The molecule has 0 aliphatic carbocycles. The molecule has 0 rings (SSSR count). The first kappa shape index (κ1) is 63.9. The first-order valence-corrected chi connectivity index (χ1v) is 29.2. The lowest BCUT2D eigenvalue weighted by molar-refractivity contribution is -0.163. The lowest BCUT2D eigenvalue weighted by atomic mass is 10.0. The van der Waals surface area contributed by atoms with Gasteiger partial charge in [0.25, 0.3) is 0 Å². The monoisotopic (exact) mass is 925 g/mol. The summed E-state index contributed by atoms with van der Waals surface area (Å²) in [6.07, 6.45) is 71.4. The van der Waals surface area contributed by atoms with Crippen LogP contribution in [-0.2, 0) is 23.8 Å². The van der Waals surface area contributed by atoms with Gasteiger partial charge < -0.3 is 14.2 Å². The number of hydrogen-bond acceptors (Lipinski definition) is 5. The molecule has 0 bridgehead atoms. The Balaban J connectivity index is 4.26. The number of allylic oxidation sites excluding steroid dienone is 8. The van der Waals surface area contributed by atoms with Crippen molar-refractivity contribution >= 4 is 11.9 Å². The van der Waals surface area contributed by atoms with Crippen molar-refractivity contribution in [3.8, 4) is 0 Å². The molecule has 0 aliphatic heterocycles. The van der Waals surface area contributed by atoms with E-state index in [0.717, 1.165) is 70.6 Å². The second-order valence-corrected chi connectivity index (χ2v) is 19.5. The second-order valence-electron chi connectivity index (χ2n) is 19.5. The lowest BCUT2D eigenvalue weighted by Crippen LogP contribution is -2.30. The summed E-state index contributed by atoms with van der Waals surface area (Å²) in [6, 6.07) is 0. The molecule has 0 aliphatic rings. The number of unbranched alkanes of at least 4 members (excludes halogenated alkanes) is 35. The van der Waals surface area contributed by atoms with Crippen LogP contribution in [-0.4, -0.2) is 37.9 Å². The van der Waals surface area contributed by atoms with E-state index in [-0.39, 0.29) is 25.2 Å². The van der Waals surface area contributed by atoms with Crippen LogP contribution in [0.4, 0.5) is 0 Å². The van der Waals surface area contributed by atoms with Crippen LogP contribution in [0.1, 0.15) is 303 Å². The van der Waals surface area contributed by atoms with Crippen LogP contribution in [0.15, 0.2) is 48.6 Å². The molecule has 0 unspecified atom stereocenters. The molecule has 5 nitrogen and oxygen atoms in total. The van der Waals surface area contributed by atoms with E-state index in [0.29, 0.717) is 19.4 Å². The van der Waals surface area contributed by atoms with Gasteiger partial charge in [-0.1, -0.05) is 281 Å². The molecule has 0 aromatic rings. The summed E-state index contributed by atoms with van der Waals surface area (Å²) in [7, 11) is 0. The summed E-state index contributed by atoms with van der Waals surface area (Å²) >= 11 is 0. The summed E-state index contributed by atoms with van der Waals surface area (Å²) in [5, 5.41) is 0. The second kappa shape index (κ2) is 57.2. The van der Waals surface area contributed by atoms with Crippen LogP contribution < -0.4 is 0 Å². The highest BCUT2D eigenvalue weighted by Gasteiger charge is 2.17. The van der Waals surface area contributed by atoms with Crippen LogP contribution in [0.3, 0.4) is 0 Å². The number of hydrogen-bond donors (Lipinski definition) is 0. The molecule has 0 saturated carbocycles. The third kappa shape index (κ3) is 54.5. The Morgan fingerprint density at radius 2 is 0.682 bits per heavy atom. The van der Waals surface area contributed by atoms with Gasteiger partial charge in [-0.2, -0.15) is 0 Å². The molecule has 0 aromatic heterocycles. The lowest BCUT2D eigenvalue weighted by Gasteiger charge is -2.18. The fourth-order valence-corrected chi connectivity index (χ4v) is 8.56. The number of carbonyl (C=O) groups is 2. The Morgan fingerprint density at radius 3 is 1.09 bits per heavy atom. The predicted molar refractivity (Wildman–Crippen MR) is 288 cm³/mol. The summed E-state index contributed by atoms with van der Waals surface area (Å²) < 4.78 is 17.5. The minimum absolute atomic E-state index is 0.0740. The third-order valence-corrected chi connectivity index (χ3v) is 12.9. The predicted octanol–water partition coefficient (Wildman–Crippen LogP) is 19.9. The van der Waals surface area contributed by atoms with Gasteiger partial charge >= 0.3 is 11.9 Å². The largest absolute Gasteiger partial charge is 0.462 e.